The van der Waals surface area contributed by atoms with E-state index in [1.807, 2.05) is 19.1 Å². The molecule has 12 heteroatoms. The standard InChI is InChI=1S/C32H38F2N4O6/c1-19-13-24(37-27(14-19)38-26-15-21(29(33)34)11-12-35-26)22-7-10-25(36-17-22)32(4,42)23-8-5-20(6-9-23)30(40)44-18-43-28(39)16-31(2,3)41/h7,10-15,17,20,23,29,41-42H,5-6,8-9,16,18H2,1-4H3,(H,35,37,38)/t20-,23-,32-/m1/s1. The third-order valence-electron chi connectivity index (χ3n) is 7.69. The van der Waals surface area contributed by atoms with Gasteiger partial charge in [0, 0.05) is 23.5 Å². The van der Waals surface area contributed by atoms with E-state index < -0.39 is 36.4 Å². The van der Waals surface area contributed by atoms with Gasteiger partial charge in [-0.25, -0.2) is 18.7 Å². The Morgan fingerprint density at radius 1 is 1.00 bits per heavy atom. The smallest absolute Gasteiger partial charge is 0.311 e. The summed E-state index contributed by atoms with van der Waals surface area (Å²) in [4.78, 5) is 37.4. The Morgan fingerprint density at radius 2 is 1.73 bits per heavy atom. The number of esters is 2. The molecule has 236 valence electrons. The molecule has 0 aromatic carbocycles. The van der Waals surface area contributed by atoms with Gasteiger partial charge in [-0.05, 0) is 101 Å². The molecule has 1 saturated carbocycles. The van der Waals surface area contributed by atoms with E-state index in [0.717, 1.165) is 5.56 Å². The first-order chi connectivity index (χ1) is 20.7. The van der Waals surface area contributed by atoms with Crippen molar-refractivity contribution < 1.29 is 38.1 Å². The molecule has 3 heterocycles. The number of ether oxygens (including phenoxy) is 2. The van der Waals surface area contributed by atoms with Crippen molar-refractivity contribution in [2.45, 2.75) is 77.4 Å². The first-order valence-electron chi connectivity index (χ1n) is 14.4. The molecule has 0 bridgehead atoms. The number of pyridine rings is 3. The molecule has 10 nitrogen and oxygen atoms in total. The zero-order valence-corrected chi connectivity index (χ0v) is 25.2. The number of aliphatic hydroxyl groups is 2. The van der Waals surface area contributed by atoms with Gasteiger partial charge in [0.15, 0.2) is 0 Å². The summed E-state index contributed by atoms with van der Waals surface area (Å²) in [5.41, 5.74) is 0.107. The lowest BCUT2D eigenvalue weighted by Crippen LogP contribution is -2.37. The zero-order chi connectivity index (χ0) is 32.1. The van der Waals surface area contributed by atoms with Crippen LogP contribution >= 0.6 is 0 Å². The minimum Gasteiger partial charge on any atom is -0.428 e. The molecule has 1 atom stereocenters. The number of hydrogen-bond donors (Lipinski definition) is 3. The van der Waals surface area contributed by atoms with Crippen molar-refractivity contribution >= 4 is 23.6 Å². The number of alkyl halides is 2. The first-order valence-corrected chi connectivity index (χ1v) is 14.4. The van der Waals surface area contributed by atoms with Crippen LogP contribution in [0.3, 0.4) is 0 Å². The van der Waals surface area contributed by atoms with Crippen molar-refractivity contribution in [3.05, 3.63) is 65.6 Å². The van der Waals surface area contributed by atoms with Gasteiger partial charge in [-0.15, -0.1) is 0 Å². The van der Waals surface area contributed by atoms with Crippen LogP contribution in [0.5, 0.6) is 0 Å². The van der Waals surface area contributed by atoms with E-state index in [4.69, 9.17) is 9.47 Å². The zero-order valence-electron chi connectivity index (χ0n) is 25.2. The monoisotopic (exact) mass is 612 g/mol. The lowest BCUT2D eigenvalue weighted by molar-refractivity contribution is -0.173. The van der Waals surface area contributed by atoms with Gasteiger partial charge in [-0.3, -0.25) is 14.6 Å². The second-order valence-corrected chi connectivity index (χ2v) is 12.0. The number of nitrogens with one attached hydrogen (secondary N) is 1. The molecular weight excluding hydrogens is 574 g/mol. The highest BCUT2D eigenvalue weighted by molar-refractivity contribution is 5.73. The second kappa shape index (κ2) is 13.7. The van der Waals surface area contributed by atoms with Gasteiger partial charge in [-0.2, -0.15) is 0 Å². The van der Waals surface area contributed by atoms with E-state index in [0.29, 0.717) is 48.5 Å². The molecule has 0 aliphatic heterocycles. The van der Waals surface area contributed by atoms with Gasteiger partial charge in [0.1, 0.15) is 17.2 Å². The number of aryl methyl sites for hydroxylation is 1. The Morgan fingerprint density at radius 3 is 2.36 bits per heavy atom. The average Bonchev–Trinajstić information content (AvgIpc) is 2.96. The minimum absolute atomic E-state index is 0.140. The molecule has 0 unspecified atom stereocenters. The third-order valence-corrected chi connectivity index (χ3v) is 7.69. The van der Waals surface area contributed by atoms with Crippen LogP contribution in [0.4, 0.5) is 20.4 Å². The topological polar surface area (TPSA) is 144 Å². The highest BCUT2D eigenvalue weighted by Crippen LogP contribution is 2.41. The third kappa shape index (κ3) is 8.76. The summed E-state index contributed by atoms with van der Waals surface area (Å²) in [7, 11) is 0. The Kier molecular flexibility index (Phi) is 10.3. The lowest BCUT2D eigenvalue weighted by atomic mass is 9.73. The van der Waals surface area contributed by atoms with E-state index in [-0.39, 0.29) is 29.6 Å². The molecule has 1 fully saturated rings. The summed E-state index contributed by atoms with van der Waals surface area (Å²) in [5.74, 6) is -0.928. The van der Waals surface area contributed by atoms with Gasteiger partial charge < -0.3 is 25.0 Å². The Bertz CT molecular complexity index is 1450. The number of hydrogen-bond acceptors (Lipinski definition) is 10. The van der Waals surface area contributed by atoms with Gasteiger partial charge in [-0.1, -0.05) is 0 Å². The van der Waals surface area contributed by atoms with Gasteiger partial charge in [0.25, 0.3) is 6.43 Å². The van der Waals surface area contributed by atoms with Crippen molar-refractivity contribution in [2.75, 3.05) is 12.1 Å². The highest BCUT2D eigenvalue weighted by atomic mass is 19.3. The molecule has 4 rings (SSSR count). The summed E-state index contributed by atoms with van der Waals surface area (Å²) in [6.07, 6.45) is 2.29. The van der Waals surface area contributed by atoms with Crippen LogP contribution in [0.2, 0.25) is 0 Å². The predicted octanol–water partition coefficient (Wildman–Crippen LogP) is 5.75. The molecule has 3 N–H and O–H groups in total. The second-order valence-electron chi connectivity index (χ2n) is 12.0. The van der Waals surface area contributed by atoms with Gasteiger partial charge in [0.05, 0.1) is 29.3 Å². The van der Waals surface area contributed by atoms with Crippen molar-refractivity contribution in [3.8, 4) is 11.3 Å². The van der Waals surface area contributed by atoms with E-state index in [9.17, 15) is 28.6 Å². The largest absolute Gasteiger partial charge is 0.428 e. The van der Waals surface area contributed by atoms with Gasteiger partial charge in [0.2, 0.25) is 6.79 Å². The fourth-order valence-electron chi connectivity index (χ4n) is 5.28. The van der Waals surface area contributed by atoms with Crippen LogP contribution in [0.25, 0.3) is 11.3 Å². The van der Waals surface area contributed by atoms with Crippen LogP contribution < -0.4 is 5.32 Å². The number of nitrogens with zero attached hydrogens (tertiary/aromatic N) is 3. The quantitative estimate of drug-likeness (QED) is 0.181. The maximum absolute atomic E-state index is 13.1. The van der Waals surface area contributed by atoms with Crippen LogP contribution in [0.1, 0.15) is 76.1 Å². The van der Waals surface area contributed by atoms with E-state index in [2.05, 4.69) is 20.3 Å². The van der Waals surface area contributed by atoms with Crippen molar-refractivity contribution in [2.24, 2.45) is 11.8 Å². The van der Waals surface area contributed by atoms with Crippen LogP contribution in [-0.2, 0) is 24.7 Å². The van der Waals surface area contributed by atoms with Crippen molar-refractivity contribution in [1.29, 1.82) is 0 Å². The number of anilines is 2. The summed E-state index contributed by atoms with van der Waals surface area (Å²) in [6, 6.07) is 9.77. The number of halogens is 2. The Hall–Kier alpha value is -4.03. The number of aromatic nitrogens is 3. The summed E-state index contributed by atoms with van der Waals surface area (Å²) in [6.45, 7) is 6.07. The molecule has 44 heavy (non-hydrogen) atoms. The van der Waals surface area contributed by atoms with E-state index in [1.54, 1.807) is 25.3 Å². The highest BCUT2D eigenvalue weighted by Gasteiger charge is 2.39. The lowest BCUT2D eigenvalue weighted by Gasteiger charge is -2.37. The number of carbonyl (C=O) groups excluding carboxylic acids is 2. The van der Waals surface area contributed by atoms with E-state index in [1.165, 1.54) is 32.2 Å². The molecule has 0 saturated heterocycles. The fourth-order valence-corrected chi connectivity index (χ4v) is 5.28. The molecule has 0 amide bonds. The molecule has 0 radical (unpaired) electrons. The number of rotatable bonds is 11. The summed E-state index contributed by atoms with van der Waals surface area (Å²) in [5, 5.41) is 24.1. The normalized spacial score (nSPS) is 18.4. The van der Waals surface area contributed by atoms with Crippen LogP contribution in [0, 0.1) is 18.8 Å². The summed E-state index contributed by atoms with van der Waals surface area (Å²) >= 11 is 0. The first kappa shape index (κ1) is 32.9. The molecular formula is C32H38F2N4O6. The minimum atomic E-state index is -2.61. The van der Waals surface area contributed by atoms with Crippen LogP contribution in [0.15, 0.2) is 48.8 Å². The Labute approximate surface area is 254 Å². The van der Waals surface area contributed by atoms with Crippen LogP contribution in [-0.4, -0.2) is 49.5 Å². The maximum Gasteiger partial charge on any atom is 0.311 e. The maximum atomic E-state index is 13.1. The molecule has 0 spiro atoms. The average molecular weight is 613 g/mol. The van der Waals surface area contributed by atoms with Crippen molar-refractivity contribution in [1.82, 2.24) is 15.0 Å². The summed E-state index contributed by atoms with van der Waals surface area (Å²) < 4.78 is 36.2. The van der Waals surface area contributed by atoms with E-state index >= 15 is 0 Å². The molecule has 1 aliphatic rings. The predicted molar refractivity (Wildman–Crippen MR) is 158 cm³/mol. The molecule has 3 aromatic rings. The molecule has 1 aliphatic carbocycles. The SMILES string of the molecule is Cc1cc(Nc2cc(C(F)F)ccn2)nc(-c2ccc([C@](C)(O)[C@H]3CC[C@H](C(=O)OCOC(=O)CC(C)(C)O)CC3)nc2)c1. The fraction of sp³-hybridized carbons (Fsp3) is 0.469. The molecule has 3 aromatic heterocycles. The number of carbonyl (C=O) groups is 2. The Balaban J connectivity index is 1.34. The van der Waals surface area contributed by atoms with Gasteiger partial charge >= 0.3 is 11.9 Å². The van der Waals surface area contributed by atoms with Crippen molar-refractivity contribution in [3.63, 3.8) is 0 Å².